The molecule has 57 heavy (non-hydrogen) atoms. The highest BCUT2D eigenvalue weighted by atomic mass is 16.7. The molecular weight excluding hydrogens is 719 g/mol. The minimum absolute atomic E-state index is 0.196. The van der Waals surface area contributed by atoms with E-state index in [1.54, 1.807) is 6.08 Å². The van der Waals surface area contributed by atoms with Crippen LogP contribution in [0.4, 0.5) is 0 Å². The number of allylic oxidation sites excluding steroid dienone is 5. The maximum atomic E-state index is 12.8. The summed E-state index contributed by atoms with van der Waals surface area (Å²) in [4.78, 5) is 12.8. The average Bonchev–Trinajstić information content (AvgIpc) is 3.21. The van der Waals surface area contributed by atoms with E-state index in [4.69, 9.17) is 9.47 Å². The van der Waals surface area contributed by atoms with Gasteiger partial charge >= 0.3 is 0 Å². The summed E-state index contributed by atoms with van der Waals surface area (Å²) in [5, 5.41) is 54.0. The van der Waals surface area contributed by atoms with Crippen molar-refractivity contribution >= 4 is 5.91 Å². The molecule has 1 aliphatic heterocycles. The fourth-order valence-electron chi connectivity index (χ4n) is 7.36. The zero-order chi connectivity index (χ0) is 41.6. The number of rotatable bonds is 39. The van der Waals surface area contributed by atoms with Crippen molar-refractivity contribution in [2.45, 2.75) is 249 Å². The van der Waals surface area contributed by atoms with Crippen LogP contribution in [0.3, 0.4) is 0 Å². The smallest absolute Gasteiger partial charge is 0.220 e. The molecule has 6 N–H and O–H groups in total. The minimum atomic E-state index is -1.57. The van der Waals surface area contributed by atoms with Crippen molar-refractivity contribution in [1.82, 2.24) is 5.32 Å². The first kappa shape index (κ1) is 53.4. The Hall–Kier alpha value is -1.59. The molecule has 1 rings (SSSR count). The summed E-state index contributed by atoms with van der Waals surface area (Å²) in [6.07, 6.45) is 40.8. The maximum Gasteiger partial charge on any atom is 0.220 e. The van der Waals surface area contributed by atoms with Crippen LogP contribution in [-0.4, -0.2) is 87.5 Å². The summed E-state index contributed by atoms with van der Waals surface area (Å²) in [5.74, 6) is -0.196. The molecule has 0 aromatic heterocycles. The number of unbranched alkanes of at least 4 members (excludes halogenated alkanes) is 25. The quantitative estimate of drug-likeness (QED) is 0.0266. The van der Waals surface area contributed by atoms with E-state index in [0.29, 0.717) is 6.42 Å². The molecule has 0 aliphatic carbocycles. The summed E-state index contributed by atoms with van der Waals surface area (Å²) >= 11 is 0. The standard InChI is InChI=1S/C48H89NO8/c1-3-5-7-9-11-13-14-15-16-17-18-19-20-21-22-23-24-25-26-27-28-29-30-31-33-35-37-42(51)41(49-44(52)38-36-34-32-12-10-8-6-4-2)40-56-48-47(55)46(54)45(53)43(39-50)57-48/h25-26,29-30,35,37,41-43,45-48,50-51,53-55H,3-24,27-28,31-34,36,38-40H2,1-2H3,(H,49,52)/b26-25+,30-29+,37-35+. The van der Waals surface area contributed by atoms with Gasteiger partial charge in [-0.3, -0.25) is 4.79 Å². The lowest BCUT2D eigenvalue weighted by Gasteiger charge is -2.40. The van der Waals surface area contributed by atoms with Crippen LogP contribution in [0.1, 0.15) is 206 Å². The number of hydrogen-bond donors (Lipinski definition) is 6. The highest BCUT2D eigenvalue weighted by Crippen LogP contribution is 2.22. The zero-order valence-corrected chi connectivity index (χ0v) is 36.6. The van der Waals surface area contributed by atoms with Gasteiger partial charge in [-0.05, 0) is 44.9 Å². The summed E-state index contributed by atoms with van der Waals surface area (Å²) in [6.45, 7) is 3.71. The molecule has 0 saturated carbocycles. The summed E-state index contributed by atoms with van der Waals surface area (Å²) in [6, 6.07) is -0.822. The van der Waals surface area contributed by atoms with Crippen molar-refractivity contribution in [2.24, 2.45) is 0 Å². The first-order valence-electron chi connectivity index (χ1n) is 23.7. The van der Waals surface area contributed by atoms with Gasteiger partial charge in [0.05, 0.1) is 25.4 Å². The van der Waals surface area contributed by atoms with Gasteiger partial charge in [0, 0.05) is 6.42 Å². The van der Waals surface area contributed by atoms with E-state index in [1.807, 2.05) is 6.08 Å². The summed E-state index contributed by atoms with van der Waals surface area (Å²) in [7, 11) is 0. The van der Waals surface area contributed by atoms with Gasteiger partial charge in [-0.1, -0.05) is 192 Å². The van der Waals surface area contributed by atoms with Crippen molar-refractivity contribution in [3.05, 3.63) is 36.5 Å². The third-order valence-corrected chi connectivity index (χ3v) is 11.2. The predicted molar refractivity (Wildman–Crippen MR) is 235 cm³/mol. The topological polar surface area (TPSA) is 149 Å². The SMILES string of the molecule is CCCCCCCCCCCCCCCCCC/C=C/CC/C=C/CC/C=C/C(O)C(COC1OC(CO)C(O)C(O)C1O)NC(=O)CCCCCCCCCC. The van der Waals surface area contributed by atoms with E-state index in [1.165, 1.54) is 141 Å². The highest BCUT2D eigenvalue weighted by molar-refractivity contribution is 5.76. The van der Waals surface area contributed by atoms with Crippen molar-refractivity contribution in [3.63, 3.8) is 0 Å². The van der Waals surface area contributed by atoms with Crippen LogP contribution in [0.25, 0.3) is 0 Å². The third-order valence-electron chi connectivity index (χ3n) is 11.2. The molecule has 0 bridgehead atoms. The number of aliphatic hydroxyl groups is 5. The Kier molecular flexibility index (Phi) is 36.2. The van der Waals surface area contributed by atoms with Gasteiger partial charge in [-0.2, -0.15) is 0 Å². The van der Waals surface area contributed by atoms with Crippen LogP contribution in [0.15, 0.2) is 36.5 Å². The molecule has 1 fully saturated rings. The zero-order valence-electron chi connectivity index (χ0n) is 36.6. The van der Waals surface area contributed by atoms with Gasteiger partial charge in [0.15, 0.2) is 6.29 Å². The van der Waals surface area contributed by atoms with E-state index in [2.05, 4.69) is 43.5 Å². The largest absolute Gasteiger partial charge is 0.394 e. The molecule has 1 aliphatic rings. The molecule has 0 spiro atoms. The fourth-order valence-corrected chi connectivity index (χ4v) is 7.36. The van der Waals surface area contributed by atoms with Crippen LogP contribution in [0, 0.1) is 0 Å². The van der Waals surface area contributed by atoms with Gasteiger partial charge in [0.25, 0.3) is 0 Å². The minimum Gasteiger partial charge on any atom is -0.394 e. The first-order valence-corrected chi connectivity index (χ1v) is 23.7. The molecule has 7 atom stereocenters. The molecular formula is C48H89NO8. The monoisotopic (exact) mass is 808 g/mol. The van der Waals surface area contributed by atoms with Gasteiger partial charge in [-0.15, -0.1) is 0 Å². The van der Waals surface area contributed by atoms with Crippen LogP contribution in [-0.2, 0) is 14.3 Å². The Morgan fingerprint density at radius 2 is 1.00 bits per heavy atom. The highest BCUT2D eigenvalue weighted by Gasteiger charge is 2.44. The maximum absolute atomic E-state index is 12.8. The predicted octanol–water partition coefficient (Wildman–Crippen LogP) is 10.1. The lowest BCUT2D eigenvalue weighted by molar-refractivity contribution is -0.302. The molecule has 9 heteroatoms. The molecule has 1 amide bonds. The number of ether oxygens (including phenoxy) is 2. The number of amides is 1. The average molecular weight is 808 g/mol. The van der Waals surface area contributed by atoms with Gasteiger partial charge < -0.3 is 40.3 Å². The molecule has 9 nitrogen and oxygen atoms in total. The van der Waals surface area contributed by atoms with Crippen molar-refractivity contribution in [1.29, 1.82) is 0 Å². The van der Waals surface area contributed by atoms with E-state index in [-0.39, 0.29) is 12.5 Å². The molecule has 1 saturated heterocycles. The van der Waals surface area contributed by atoms with Crippen LogP contribution < -0.4 is 5.32 Å². The second-order valence-electron chi connectivity index (χ2n) is 16.5. The Morgan fingerprint density at radius 3 is 1.47 bits per heavy atom. The van der Waals surface area contributed by atoms with Gasteiger partial charge in [0.2, 0.25) is 5.91 Å². The lowest BCUT2D eigenvalue weighted by atomic mass is 9.99. The third kappa shape index (κ3) is 29.3. The van der Waals surface area contributed by atoms with E-state index < -0.39 is 49.5 Å². The number of carbonyl (C=O) groups is 1. The Balaban J connectivity index is 2.27. The number of nitrogens with one attached hydrogen (secondary N) is 1. The van der Waals surface area contributed by atoms with E-state index >= 15 is 0 Å². The number of aliphatic hydroxyl groups excluding tert-OH is 5. The number of carbonyl (C=O) groups excluding carboxylic acids is 1. The number of hydrogen-bond acceptors (Lipinski definition) is 8. The molecule has 1 heterocycles. The molecule has 0 aromatic carbocycles. The Morgan fingerprint density at radius 1 is 0.579 bits per heavy atom. The van der Waals surface area contributed by atoms with Crippen molar-refractivity contribution in [2.75, 3.05) is 13.2 Å². The van der Waals surface area contributed by atoms with Crippen LogP contribution in [0.2, 0.25) is 0 Å². The molecule has 0 aromatic rings. The first-order chi connectivity index (χ1) is 27.8. The van der Waals surface area contributed by atoms with Crippen LogP contribution in [0.5, 0.6) is 0 Å². The molecule has 334 valence electrons. The molecule has 0 radical (unpaired) electrons. The summed E-state index contributed by atoms with van der Waals surface area (Å²) in [5.41, 5.74) is 0. The fraction of sp³-hybridized carbons (Fsp3) is 0.854. The van der Waals surface area contributed by atoms with Crippen molar-refractivity contribution < 1.29 is 39.8 Å². The van der Waals surface area contributed by atoms with E-state index in [9.17, 15) is 30.3 Å². The Bertz CT molecular complexity index is 987. The van der Waals surface area contributed by atoms with Gasteiger partial charge in [0.1, 0.15) is 24.4 Å². The van der Waals surface area contributed by atoms with Crippen LogP contribution >= 0.6 is 0 Å². The lowest BCUT2D eigenvalue weighted by Crippen LogP contribution is -2.60. The van der Waals surface area contributed by atoms with Gasteiger partial charge in [-0.25, -0.2) is 0 Å². The van der Waals surface area contributed by atoms with Crippen molar-refractivity contribution in [3.8, 4) is 0 Å². The second-order valence-corrected chi connectivity index (χ2v) is 16.5. The molecule has 7 unspecified atom stereocenters. The summed E-state index contributed by atoms with van der Waals surface area (Å²) < 4.78 is 11.2. The van der Waals surface area contributed by atoms with E-state index in [0.717, 1.165) is 44.9 Å². The normalized spacial score (nSPS) is 21.3. The Labute approximate surface area is 349 Å². The second kappa shape index (κ2) is 38.6.